The number of nitrogens with one attached hydrogen (secondary N) is 1. The van der Waals surface area contributed by atoms with Crippen LogP contribution in [0.3, 0.4) is 0 Å². The van der Waals surface area contributed by atoms with Crippen LogP contribution >= 0.6 is 0 Å². The number of fused-ring (bicyclic) bond motifs is 2. The Morgan fingerprint density at radius 2 is 2.00 bits per heavy atom. The lowest BCUT2D eigenvalue weighted by Crippen LogP contribution is -2.42. The van der Waals surface area contributed by atoms with E-state index in [0.717, 1.165) is 18.1 Å². The van der Waals surface area contributed by atoms with Crippen molar-refractivity contribution < 1.29 is 14.3 Å². The van der Waals surface area contributed by atoms with Gasteiger partial charge < -0.3 is 14.8 Å². The summed E-state index contributed by atoms with van der Waals surface area (Å²) < 4.78 is 7.27. The van der Waals surface area contributed by atoms with Crippen LogP contribution in [0.25, 0.3) is 0 Å². The maximum Gasteiger partial charge on any atom is 0.258 e. The Bertz CT molecular complexity index is 643. The number of nitrogens with zero attached hydrogens (tertiary/aromatic N) is 2. The monoisotopic (exact) mass is 375 g/mol. The number of hydrogen-bond donors (Lipinski definition) is 1. The van der Waals surface area contributed by atoms with Crippen LogP contribution in [0, 0.1) is 23.7 Å². The van der Waals surface area contributed by atoms with Crippen LogP contribution in [0.1, 0.15) is 69.7 Å². The van der Waals surface area contributed by atoms with Crippen molar-refractivity contribution in [2.24, 2.45) is 23.7 Å². The van der Waals surface area contributed by atoms with Gasteiger partial charge in [-0.1, -0.05) is 33.1 Å². The Morgan fingerprint density at radius 1 is 1.30 bits per heavy atom. The number of ether oxygens (including phenoxy) is 1. The molecule has 0 spiro atoms. The average molecular weight is 376 g/mol. The molecule has 0 aromatic carbocycles. The molecule has 1 aromatic rings. The topological polar surface area (TPSA) is 73.2 Å². The van der Waals surface area contributed by atoms with Gasteiger partial charge >= 0.3 is 0 Å². The fourth-order valence-electron chi connectivity index (χ4n) is 4.72. The zero-order valence-corrected chi connectivity index (χ0v) is 16.8. The second-order valence-electron chi connectivity index (χ2n) is 8.81. The summed E-state index contributed by atoms with van der Waals surface area (Å²) in [6.45, 7) is 6.77. The zero-order valence-electron chi connectivity index (χ0n) is 16.8. The maximum atomic E-state index is 12.9. The first-order valence-corrected chi connectivity index (χ1v) is 10.4. The number of aromatic nitrogens is 2. The maximum absolute atomic E-state index is 12.9. The molecule has 0 radical (unpaired) electrons. The third-order valence-electron chi connectivity index (χ3n) is 6.07. The van der Waals surface area contributed by atoms with Gasteiger partial charge in [0.05, 0.1) is 12.8 Å². The minimum atomic E-state index is -0.158. The quantitative estimate of drug-likeness (QED) is 0.706. The van der Waals surface area contributed by atoms with Gasteiger partial charge in [0.1, 0.15) is 18.4 Å². The van der Waals surface area contributed by atoms with Gasteiger partial charge in [0.2, 0.25) is 5.88 Å². The summed E-state index contributed by atoms with van der Waals surface area (Å²) in [5.74, 6) is 2.77. The minimum absolute atomic E-state index is 0.0856. The number of aldehydes is 1. The normalized spacial score (nSPS) is 25.9. The Kier molecular flexibility index (Phi) is 6.55. The SMILES string of the molecule is CC(C)COc1c(C(=O)NC(C)C2CC3CCCC(C3)C2)cnn1CC=O. The van der Waals surface area contributed by atoms with Crippen LogP contribution in [-0.2, 0) is 11.3 Å². The van der Waals surface area contributed by atoms with Gasteiger partial charge in [-0.25, -0.2) is 4.68 Å². The van der Waals surface area contributed by atoms with Gasteiger partial charge in [0.25, 0.3) is 5.91 Å². The van der Waals surface area contributed by atoms with Crippen LogP contribution in [0.2, 0.25) is 0 Å². The summed E-state index contributed by atoms with van der Waals surface area (Å²) >= 11 is 0. The highest BCUT2D eigenvalue weighted by atomic mass is 16.5. The van der Waals surface area contributed by atoms with Crippen molar-refractivity contribution in [1.82, 2.24) is 15.1 Å². The lowest BCUT2D eigenvalue weighted by atomic mass is 9.66. The van der Waals surface area contributed by atoms with E-state index in [1.54, 1.807) is 0 Å². The Labute approximate surface area is 162 Å². The second kappa shape index (κ2) is 8.89. The Morgan fingerprint density at radius 3 is 2.63 bits per heavy atom. The molecule has 1 amide bonds. The predicted molar refractivity (Wildman–Crippen MR) is 104 cm³/mol. The van der Waals surface area contributed by atoms with E-state index in [1.807, 2.05) is 13.8 Å². The number of hydrogen-bond acceptors (Lipinski definition) is 4. The van der Waals surface area contributed by atoms with E-state index in [-0.39, 0.29) is 18.5 Å². The molecule has 2 aliphatic carbocycles. The lowest BCUT2D eigenvalue weighted by molar-refractivity contribution is -0.108. The summed E-state index contributed by atoms with van der Waals surface area (Å²) in [6.07, 6.45) is 10.2. The van der Waals surface area contributed by atoms with Crippen molar-refractivity contribution in [3.8, 4) is 5.88 Å². The van der Waals surface area contributed by atoms with E-state index < -0.39 is 0 Å². The third-order valence-corrected chi connectivity index (χ3v) is 6.07. The molecule has 0 saturated heterocycles. The summed E-state index contributed by atoms with van der Waals surface area (Å²) in [5, 5.41) is 7.35. The number of carbonyl (C=O) groups is 2. The minimum Gasteiger partial charge on any atom is -0.477 e. The molecule has 1 aromatic heterocycles. The van der Waals surface area contributed by atoms with Gasteiger partial charge in [0, 0.05) is 6.04 Å². The molecular formula is C21H33N3O3. The lowest BCUT2D eigenvalue weighted by Gasteiger charge is -2.41. The molecule has 1 heterocycles. The highest BCUT2D eigenvalue weighted by Crippen LogP contribution is 2.43. The Hall–Kier alpha value is -1.85. The van der Waals surface area contributed by atoms with Crippen molar-refractivity contribution >= 4 is 12.2 Å². The van der Waals surface area contributed by atoms with E-state index in [1.165, 1.54) is 49.4 Å². The number of carbonyl (C=O) groups excluding carboxylic acids is 2. The molecular weight excluding hydrogens is 342 g/mol. The zero-order chi connectivity index (χ0) is 19.4. The molecule has 0 aliphatic heterocycles. The summed E-state index contributed by atoms with van der Waals surface area (Å²) in [5.41, 5.74) is 0.417. The molecule has 6 heteroatoms. The van der Waals surface area contributed by atoms with Crippen LogP contribution in [0.4, 0.5) is 0 Å². The van der Waals surface area contributed by atoms with Crippen molar-refractivity contribution in [2.75, 3.05) is 6.61 Å². The standard InChI is InChI=1S/C21H33N3O3/c1-14(2)13-27-21-19(12-22-24(21)7-8-25)20(26)23-15(3)18-10-16-5-4-6-17(9-16)11-18/h8,12,14-18H,4-7,9-11,13H2,1-3H3,(H,23,26). The van der Waals surface area contributed by atoms with Crippen molar-refractivity contribution in [1.29, 1.82) is 0 Å². The summed E-state index contributed by atoms with van der Waals surface area (Å²) in [6, 6.07) is 0.133. The van der Waals surface area contributed by atoms with Crippen molar-refractivity contribution in [3.05, 3.63) is 11.8 Å². The van der Waals surface area contributed by atoms with Gasteiger partial charge in [0.15, 0.2) is 0 Å². The summed E-state index contributed by atoms with van der Waals surface area (Å²) in [4.78, 5) is 23.8. The van der Waals surface area contributed by atoms with Crippen molar-refractivity contribution in [3.63, 3.8) is 0 Å². The molecule has 3 unspecified atom stereocenters. The van der Waals surface area contributed by atoms with Gasteiger partial charge in [-0.05, 0) is 49.9 Å². The van der Waals surface area contributed by atoms with Gasteiger partial charge in [-0.3, -0.25) is 4.79 Å². The van der Waals surface area contributed by atoms with Gasteiger partial charge in [-0.15, -0.1) is 0 Å². The highest BCUT2D eigenvalue weighted by molar-refractivity contribution is 5.96. The van der Waals surface area contributed by atoms with E-state index in [0.29, 0.717) is 29.9 Å². The number of rotatable bonds is 8. The van der Waals surface area contributed by atoms with E-state index in [9.17, 15) is 9.59 Å². The van der Waals surface area contributed by atoms with Crippen LogP contribution in [0.15, 0.2) is 6.20 Å². The molecule has 3 atom stereocenters. The number of amides is 1. The molecule has 27 heavy (non-hydrogen) atoms. The smallest absolute Gasteiger partial charge is 0.258 e. The van der Waals surface area contributed by atoms with E-state index >= 15 is 0 Å². The fraction of sp³-hybridized carbons (Fsp3) is 0.762. The molecule has 150 valence electrons. The first kappa shape index (κ1) is 19.9. The van der Waals surface area contributed by atoms with E-state index in [4.69, 9.17) is 4.74 Å². The largest absolute Gasteiger partial charge is 0.477 e. The molecule has 2 fully saturated rings. The van der Waals surface area contributed by atoms with Crippen LogP contribution in [-0.4, -0.2) is 34.6 Å². The van der Waals surface area contributed by atoms with E-state index in [2.05, 4.69) is 17.3 Å². The van der Waals surface area contributed by atoms with Crippen LogP contribution < -0.4 is 10.1 Å². The highest BCUT2D eigenvalue weighted by Gasteiger charge is 2.35. The third kappa shape index (κ3) is 4.90. The van der Waals surface area contributed by atoms with Crippen LogP contribution in [0.5, 0.6) is 5.88 Å². The molecule has 2 saturated carbocycles. The summed E-state index contributed by atoms with van der Waals surface area (Å²) in [7, 11) is 0. The molecule has 1 N–H and O–H groups in total. The Balaban J connectivity index is 1.66. The first-order valence-electron chi connectivity index (χ1n) is 10.4. The predicted octanol–water partition coefficient (Wildman–Crippen LogP) is 3.45. The second-order valence-corrected chi connectivity index (χ2v) is 8.81. The van der Waals surface area contributed by atoms with Gasteiger partial charge in [-0.2, -0.15) is 5.10 Å². The molecule has 6 nitrogen and oxygen atoms in total. The fourth-order valence-corrected chi connectivity index (χ4v) is 4.72. The first-order chi connectivity index (χ1) is 13.0. The molecule has 2 aliphatic rings. The average Bonchev–Trinajstić information content (AvgIpc) is 3.02. The van der Waals surface area contributed by atoms with Crippen molar-refractivity contribution in [2.45, 2.75) is 71.9 Å². The molecule has 3 rings (SSSR count). The molecule has 2 bridgehead atoms.